The Bertz CT molecular complexity index is 26.5. The molecule has 0 N–H and O–H groups in total. The highest BCUT2D eigenvalue weighted by atomic mass is 19.1. The van der Waals surface area contributed by atoms with E-state index in [9.17, 15) is 8.78 Å². The maximum absolute atomic E-state index is 10.1. The maximum atomic E-state index is 10.1. The molecule has 6 heavy (non-hydrogen) atoms. The van der Waals surface area contributed by atoms with Gasteiger partial charge in [-0.2, -0.15) is 0 Å². The molecule has 0 saturated heterocycles. The van der Waals surface area contributed by atoms with Gasteiger partial charge in [0.1, 0.15) is 0 Å². The van der Waals surface area contributed by atoms with Gasteiger partial charge in [0.05, 0.1) is 12.7 Å². The second-order valence-electron chi connectivity index (χ2n) is 0.309. The van der Waals surface area contributed by atoms with Crippen molar-refractivity contribution in [2.45, 2.75) is 0 Å². The highest BCUT2D eigenvalue weighted by Gasteiger charge is 1.19. The third-order valence-electron chi connectivity index (χ3n) is 0. The lowest BCUT2D eigenvalue weighted by Gasteiger charge is -1.28. The molecule has 0 amide bonds. The zero-order valence-corrected chi connectivity index (χ0v) is 3.32. The van der Waals surface area contributed by atoms with Gasteiger partial charge in [-0.05, 0) is 0 Å². The summed E-state index contributed by atoms with van der Waals surface area (Å²) < 4.78 is 20.1. The Morgan fingerprint density at radius 2 is 1.00 bits per heavy atom. The Labute approximate surface area is 35.8 Å². The Kier molecular flexibility index (Phi) is 40.5. The van der Waals surface area contributed by atoms with Crippen molar-refractivity contribution >= 4 is 0 Å². The van der Waals surface area contributed by atoms with Crippen LogP contribution in [0.2, 0.25) is 0 Å². The van der Waals surface area contributed by atoms with Gasteiger partial charge in [0.2, 0.25) is 0 Å². The predicted molar refractivity (Wildman–Crippen MR) is 22.6 cm³/mol. The zero-order valence-electron chi connectivity index (χ0n) is 3.32. The summed E-state index contributed by atoms with van der Waals surface area (Å²) in [4.78, 5) is 0. The van der Waals surface area contributed by atoms with Crippen LogP contribution in [0.3, 0.4) is 0 Å². The quantitative estimate of drug-likeness (QED) is 0.429. The summed E-state index contributed by atoms with van der Waals surface area (Å²) in [6.07, 6.45) is 0.500. The smallest absolute Gasteiger partial charge is 0.0795 e. The first-order valence-electron chi connectivity index (χ1n) is 1.25. The van der Waals surface area contributed by atoms with E-state index in [1.54, 1.807) is 0 Å². The molecule has 2 heteroatoms. The van der Waals surface area contributed by atoms with Crippen molar-refractivity contribution in [3.8, 4) is 0 Å². The van der Waals surface area contributed by atoms with Crippen molar-refractivity contribution in [1.82, 2.24) is 0 Å². The van der Waals surface area contributed by atoms with E-state index >= 15 is 0 Å². The predicted octanol–water partition coefficient (Wildman–Crippen LogP) is 2.20. The van der Waals surface area contributed by atoms with Crippen LogP contribution in [-0.2, 0) is 0 Å². The van der Waals surface area contributed by atoms with Crippen LogP contribution >= 0.6 is 0 Å². The molecule has 0 bridgehead atoms. The Hall–Kier alpha value is -0.660. The summed E-state index contributed by atoms with van der Waals surface area (Å²) in [5.74, 6) is 0. The van der Waals surface area contributed by atoms with Gasteiger partial charge in [0.25, 0.3) is 0 Å². The van der Waals surface area contributed by atoms with Gasteiger partial charge in [-0.15, -0.1) is 0 Å². The fourth-order valence-electron chi connectivity index (χ4n) is 0. The topological polar surface area (TPSA) is 0 Å². The number of hydrogen-bond donors (Lipinski definition) is 0. The van der Waals surface area contributed by atoms with E-state index in [0.717, 1.165) is 0 Å². The molecule has 0 heterocycles. The molecule has 0 spiro atoms. The molecule has 0 fully saturated rings. The van der Waals surface area contributed by atoms with Gasteiger partial charge in [-0.3, -0.25) is 0 Å². The summed E-state index contributed by atoms with van der Waals surface area (Å²) in [6.45, 7) is 5.39. The van der Waals surface area contributed by atoms with Gasteiger partial charge in [0, 0.05) is 0 Å². The standard InChI is InChI=1S/2C2H3F/c2*1-2-3/h2*2H,1H2. The fraction of sp³-hybridized carbons (Fsp3) is 0. The van der Waals surface area contributed by atoms with E-state index in [1.807, 2.05) is 0 Å². The molecule has 0 aliphatic heterocycles. The van der Waals surface area contributed by atoms with Crippen molar-refractivity contribution in [2.24, 2.45) is 0 Å². The molecule has 36 valence electrons. The summed E-state index contributed by atoms with van der Waals surface area (Å²) in [6, 6.07) is 0. The van der Waals surface area contributed by atoms with Gasteiger partial charge in [-0.25, -0.2) is 8.78 Å². The largest absolute Gasteiger partial charge is 0.216 e. The van der Waals surface area contributed by atoms with Crippen LogP contribution in [0.1, 0.15) is 0 Å². The summed E-state index contributed by atoms with van der Waals surface area (Å²) in [5.41, 5.74) is 0. The molecule has 0 radical (unpaired) electrons. The van der Waals surface area contributed by atoms with E-state index in [4.69, 9.17) is 0 Å². The minimum atomic E-state index is 0.250. The molecule has 0 aliphatic carbocycles. The van der Waals surface area contributed by atoms with Crippen LogP contribution in [0.5, 0.6) is 0 Å². The zero-order chi connectivity index (χ0) is 5.41. The van der Waals surface area contributed by atoms with Crippen molar-refractivity contribution in [3.05, 3.63) is 25.8 Å². The van der Waals surface area contributed by atoms with Crippen molar-refractivity contribution in [2.75, 3.05) is 0 Å². The van der Waals surface area contributed by atoms with Crippen LogP contribution < -0.4 is 0 Å². The van der Waals surface area contributed by atoms with E-state index < -0.39 is 0 Å². The molecule has 0 aromatic rings. The SMILES string of the molecule is C=CF.C=CF. The van der Waals surface area contributed by atoms with Gasteiger partial charge in [0.15, 0.2) is 0 Å². The van der Waals surface area contributed by atoms with E-state index in [1.165, 1.54) is 0 Å². The van der Waals surface area contributed by atoms with Crippen molar-refractivity contribution in [1.29, 1.82) is 0 Å². The van der Waals surface area contributed by atoms with Crippen molar-refractivity contribution < 1.29 is 8.78 Å². The first-order chi connectivity index (χ1) is 2.83. The number of hydrogen-bond acceptors (Lipinski definition) is 0. The molecule has 0 aromatic carbocycles. The molecule has 0 saturated carbocycles. The first-order valence-corrected chi connectivity index (χ1v) is 1.25. The summed E-state index contributed by atoms with van der Waals surface area (Å²) >= 11 is 0. The van der Waals surface area contributed by atoms with Crippen LogP contribution in [-0.4, -0.2) is 0 Å². The minimum Gasteiger partial charge on any atom is -0.216 e. The number of halogens is 2. The average molecular weight is 92.1 g/mol. The third-order valence-corrected chi connectivity index (χ3v) is 0. The molecule has 0 atom stereocenters. The second-order valence-corrected chi connectivity index (χ2v) is 0.309. The third kappa shape index (κ3) is 42.0. The van der Waals surface area contributed by atoms with E-state index in [2.05, 4.69) is 13.2 Å². The Morgan fingerprint density at radius 1 is 1.00 bits per heavy atom. The molecule has 0 nitrogen and oxygen atoms in total. The lowest BCUT2D eigenvalue weighted by atomic mass is 11.2. The van der Waals surface area contributed by atoms with Crippen LogP contribution in [0, 0.1) is 0 Å². The first kappa shape index (κ1) is 9.02. The molecule has 0 aliphatic rings. The highest BCUT2D eigenvalue weighted by Crippen LogP contribution is 1.48. The van der Waals surface area contributed by atoms with Gasteiger partial charge in [-0.1, -0.05) is 13.2 Å². The molecular formula is C4H6F2. The molecule has 0 rings (SSSR count). The van der Waals surface area contributed by atoms with Crippen molar-refractivity contribution in [3.63, 3.8) is 0 Å². The van der Waals surface area contributed by atoms with Crippen LogP contribution in [0.25, 0.3) is 0 Å². The monoisotopic (exact) mass is 92.0 g/mol. The molecule has 0 unspecified atom stereocenters. The van der Waals surface area contributed by atoms with E-state index in [-0.39, 0.29) is 12.7 Å². The van der Waals surface area contributed by atoms with Crippen LogP contribution in [0.15, 0.2) is 25.8 Å². The minimum absolute atomic E-state index is 0.250. The molecular weight excluding hydrogens is 86.0 g/mol. The Morgan fingerprint density at radius 3 is 1.00 bits per heavy atom. The highest BCUT2D eigenvalue weighted by molar-refractivity contribution is 4.39. The van der Waals surface area contributed by atoms with E-state index in [0.29, 0.717) is 0 Å². The maximum Gasteiger partial charge on any atom is 0.0795 e. The lowest BCUT2D eigenvalue weighted by molar-refractivity contribution is 0.724. The average Bonchev–Trinajstić information content (AvgIpc) is 1.39. The van der Waals surface area contributed by atoms with Gasteiger partial charge >= 0.3 is 0 Å². The van der Waals surface area contributed by atoms with Crippen LogP contribution in [0.4, 0.5) is 8.78 Å². The number of rotatable bonds is 0. The van der Waals surface area contributed by atoms with Gasteiger partial charge < -0.3 is 0 Å². The second kappa shape index (κ2) is 27.0. The lowest BCUT2D eigenvalue weighted by Crippen LogP contribution is -0.990. The Balaban J connectivity index is 0. The normalized spacial score (nSPS) is 4.33. The molecule has 0 aromatic heterocycles. The fourth-order valence-corrected chi connectivity index (χ4v) is 0. The summed E-state index contributed by atoms with van der Waals surface area (Å²) in [5, 5.41) is 0. The summed E-state index contributed by atoms with van der Waals surface area (Å²) in [7, 11) is 0.